The van der Waals surface area contributed by atoms with Crippen molar-refractivity contribution in [1.82, 2.24) is 0 Å². The number of hydrogen-bond donors (Lipinski definition) is 0. The van der Waals surface area contributed by atoms with Gasteiger partial charge >= 0.3 is 5.51 Å². The van der Waals surface area contributed by atoms with Crippen LogP contribution in [0, 0.1) is 0 Å². The van der Waals surface area contributed by atoms with E-state index in [0.29, 0.717) is 6.42 Å². The van der Waals surface area contributed by atoms with Crippen LogP contribution < -0.4 is 0 Å². The van der Waals surface area contributed by atoms with Crippen LogP contribution in [0.5, 0.6) is 0 Å². The van der Waals surface area contributed by atoms with Crippen LogP contribution in [0.3, 0.4) is 0 Å². The molecule has 0 N–H and O–H groups in total. The van der Waals surface area contributed by atoms with E-state index in [1.165, 1.54) is 12.1 Å². The molecule has 0 aliphatic heterocycles. The summed E-state index contributed by atoms with van der Waals surface area (Å²) in [5.74, 6) is -0.298. The molecule has 0 spiro atoms. The van der Waals surface area contributed by atoms with Gasteiger partial charge in [0, 0.05) is 4.83 Å². The zero-order chi connectivity index (χ0) is 14.8. The van der Waals surface area contributed by atoms with Gasteiger partial charge in [0.1, 0.15) is 0 Å². The third-order valence-corrected chi connectivity index (χ3v) is 5.11. The molecule has 0 fully saturated rings. The molecule has 1 aromatic carbocycles. The van der Waals surface area contributed by atoms with Crippen LogP contribution in [0.25, 0.3) is 0 Å². The SMILES string of the molecule is CCC(c1ccccc1S(=O)(=O)C(F)(F)F)C(C)Br. The predicted molar refractivity (Wildman–Crippen MR) is 71.1 cm³/mol. The topological polar surface area (TPSA) is 34.1 Å². The molecule has 7 heteroatoms. The van der Waals surface area contributed by atoms with E-state index in [9.17, 15) is 21.6 Å². The van der Waals surface area contributed by atoms with Crippen molar-refractivity contribution >= 4 is 25.8 Å². The van der Waals surface area contributed by atoms with Crippen LogP contribution in [0.1, 0.15) is 31.7 Å². The first-order chi connectivity index (χ1) is 8.63. The van der Waals surface area contributed by atoms with Crippen LogP contribution in [0.4, 0.5) is 13.2 Å². The van der Waals surface area contributed by atoms with Gasteiger partial charge in [0.25, 0.3) is 9.84 Å². The van der Waals surface area contributed by atoms with E-state index < -0.39 is 20.2 Å². The molecule has 0 saturated carbocycles. The summed E-state index contributed by atoms with van der Waals surface area (Å²) in [5.41, 5.74) is -5.08. The number of alkyl halides is 4. The highest BCUT2D eigenvalue weighted by molar-refractivity contribution is 9.09. The molecular weight excluding hydrogens is 345 g/mol. The highest BCUT2D eigenvalue weighted by Gasteiger charge is 2.48. The summed E-state index contributed by atoms with van der Waals surface area (Å²) in [5, 5.41) is 0. The molecule has 2 unspecified atom stereocenters. The Labute approximate surface area is 119 Å². The lowest BCUT2D eigenvalue weighted by molar-refractivity contribution is -0.0436. The summed E-state index contributed by atoms with van der Waals surface area (Å²) in [6.07, 6.45) is 0.538. The molecular formula is C12H14BrF3O2S. The first kappa shape index (κ1) is 16.5. The lowest BCUT2D eigenvalue weighted by Crippen LogP contribution is -2.25. The first-order valence-corrected chi connectivity index (χ1v) is 8.07. The Balaban J connectivity index is 3.48. The Kier molecular flexibility index (Phi) is 5.06. The van der Waals surface area contributed by atoms with E-state index in [2.05, 4.69) is 15.9 Å². The van der Waals surface area contributed by atoms with Gasteiger partial charge in [-0.1, -0.05) is 48.0 Å². The molecule has 1 rings (SSSR count). The maximum atomic E-state index is 12.7. The second-order valence-corrected chi connectivity index (χ2v) is 7.53. The van der Waals surface area contributed by atoms with Gasteiger partial charge in [-0.15, -0.1) is 0 Å². The van der Waals surface area contributed by atoms with Gasteiger partial charge in [0.2, 0.25) is 0 Å². The van der Waals surface area contributed by atoms with Crippen molar-refractivity contribution in [2.75, 3.05) is 0 Å². The van der Waals surface area contributed by atoms with Crippen LogP contribution in [0.15, 0.2) is 29.2 Å². The fourth-order valence-electron chi connectivity index (χ4n) is 1.95. The second-order valence-electron chi connectivity index (χ2n) is 4.18. The van der Waals surface area contributed by atoms with E-state index in [4.69, 9.17) is 0 Å². The molecule has 0 saturated heterocycles. The lowest BCUT2D eigenvalue weighted by atomic mass is 9.94. The standard InChI is InChI=1S/C12H14BrF3O2S/c1-3-9(8(2)13)10-6-4-5-7-11(10)19(17,18)12(14,15)16/h4-9H,3H2,1-2H3. The smallest absolute Gasteiger partial charge is 0.214 e. The minimum Gasteiger partial charge on any atom is -0.214 e. The Hall–Kier alpha value is -0.560. The third-order valence-electron chi connectivity index (χ3n) is 2.91. The Bertz CT molecular complexity index is 538. The van der Waals surface area contributed by atoms with Gasteiger partial charge in [-0.05, 0) is 24.0 Å². The van der Waals surface area contributed by atoms with Crippen molar-refractivity contribution < 1.29 is 21.6 Å². The molecule has 19 heavy (non-hydrogen) atoms. The highest BCUT2D eigenvalue weighted by Crippen LogP contribution is 2.37. The molecule has 0 aliphatic rings. The Morgan fingerprint density at radius 2 is 1.79 bits per heavy atom. The van der Waals surface area contributed by atoms with E-state index in [1.54, 1.807) is 19.9 Å². The van der Waals surface area contributed by atoms with Crippen LogP contribution in [-0.4, -0.2) is 18.8 Å². The van der Waals surface area contributed by atoms with Crippen molar-refractivity contribution in [3.8, 4) is 0 Å². The summed E-state index contributed by atoms with van der Waals surface area (Å²) in [4.78, 5) is -0.775. The van der Waals surface area contributed by atoms with Crippen LogP contribution in [0.2, 0.25) is 0 Å². The molecule has 0 radical (unpaired) electrons. The number of rotatable bonds is 4. The predicted octanol–water partition coefficient (Wildman–Crippen LogP) is 4.26. The summed E-state index contributed by atoms with van der Waals surface area (Å²) in [6.45, 7) is 3.59. The maximum Gasteiger partial charge on any atom is 0.501 e. The molecule has 2 atom stereocenters. The Morgan fingerprint density at radius 3 is 2.21 bits per heavy atom. The monoisotopic (exact) mass is 358 g/mol. The largest absolute Gasteiger partial charge is 0.501 e. The summed E-state index contributed by atoms with van der Waals surface area (Å²) in [6, 6.07) is 5.29. The molecule has 2 nitrogen and oxygen atoms in total. The highest BCUT2D eigenvalue weighted by atomic mass is 79.9. The van der Waals surface area contributed by atoms with Gasteiger partial charge < -0.3 is 0 Å². The van der Waals surface area contributed by atoms with Crippen molar-refractivity contribution in [2.24, 2.45) is 0 Å². The second kappa shape index (κ2) is 5.83. The lowest BCUT2D eigenvalue weighted by Gasteiger charge is -2.21. The van der Waals surface area contributed by atoms with Crippen LogP contribution >= 0.6 is 15.9 Å². The summed E-state index contributed by atoms with van der Waals surface area (Å²) >= 11 is 3.31. The quantitative estimate of drug-likeness (QED) is 0.753. The summed E-state index contributed by atoms with van der Waals surface area (Å²) in [7, 11) is -5.32. The number of halogens is 4. The van der Waals surface area contributed by atoms with Gasteiger partial charge in [0.05, 0.1) is 4.90 Å². The van der Waals surface area contributed by atoms with E-state index in [-0.39, 0.29) is 16.3 Å². The fraction of sp³-hybridized carbons (Fsp3) is 0.500. The maximum absolute atomic E-state index is 12.7. The van der Waals surface area contributed by atoms with E-state index >= 15 is 0 Å². The molecule has 0 heterocycles. The summed E-state index contributed by atoms with van der Waals surface area (Å²) < 4.78 is 61.2. The molecule has 0 amide bonds. The number of hydrogen-bond acceptors (Lipinski definition) is 2. The zero-order valence-electron chi connectivity index (χ0n) is 10.4. The van der Waals surface area contributed by atoms with Crippen molar-refractivity contribution in [3.63, 3.8) is 0 Å². The van der Waals surface area contributed by atoms with Crippen molar-refractivity contribution in [3.05, 3.63) is 29.8 Å². The van der Waals surface area contributed by atoms with Crippen molar-refractivity contribution in [2.45, 2.75) is 41.4 Å². The van der Waals surface area contributed by atoms with Gasteiger partial charge in [-0.3, -0.25) is 0 Å². The number of sulfone groups is 1. The van der Waals surface area contributed by atoms with Gasteiger partial charge in [-0.2, -0.15) is 13.2 Å². The normalized spacial score (nSPS) is 16.1. The molecule has 0 aromatic heterocycles. The van der Waals surface area contributed by atoms with Gasteiger partial charge in [0.15, 0.2) is 0 Å². The number of benzene rings is 1. The first-order valence-electron chi connectivity index (χ1n) is 5.67. The van der Waals surface area contributed by atoms with E-state index in [1.807, 2.05) is 0 Å². The molecule has 0 bridgehead atoms. The van der Waals surface area contributed by atoms with Crippen LogP contribution in [-0.2, 0) is 9.84 Å². The van der Waals surface area contributed by atoms with E-state index in [0.717, 1.165) is 6.07 Å². The molecule has 1 aromatic rings. The molecule has 0 aliphatic carbocycles. The third kappa shape index (κ3) is 3.31. The average molecular weight is 359 g/mol. The average Bonchev–Trinajstić information content (AvgIpc) is 2.28. The fourth-order valence-corrected chi connectivity index (χ4v) is 3.64. The van der Waals surface area contributed by atoms with Gasteiger partial charge in [-0.25, -0.2) is 8.42 Å². The minimum atomic E-state index is -5.32. The minimum absolute atomic E-state index is 0.123. The Morgan fingerprint density at radius 1 is 1.26 bits per heavy atom. The van der Waals surface area contributed by atoms with Crippen molar-refractivity contribution in [1.29, 1.82) is 0 Å². The zero-order valence-corrected chi connectivity index (χ0v) is 12.8. The molecule has 108 valence electrons.